The first kappa shape index (κ1) is 29.8. The second-order valence-electron chi connectivity index (χ2n) is 10.6. The minimum Gasteiger partial charge on any atom is -0.382 e. The predicted octanol–water partition coefficient (Wildman–Crippen LogP) is 4.77. The van der Waals surface area contributed by atoms with E-state index in [0.717, 1.165) is 29.3 Å². The lowest BCUT2D eigenvalue weighted by molar-refractivity contribution is -0.133. The third kappa shape index (κ3) is 5.09. The van der Waals surface area contributed by atoms with Crippen molar-refractivity contribution in [2.24, 2.45) is 5.92 Å². The zero-order chi connectivity index (χ0) is 30.3. The molecule has 0 aromatic heterocycles. The van der Waals surface area contributed by atoms with Gasteiger partial charge in [0.05, 0.1) is 21.2 Å². The van der Waals surface area contributed by atoms with Gasteiger partial charge in [0.2, 0.25) is 9.84 Å². The van der Waals surface area contributed by atoms with Gasteiger partial charge in [-0.25, -0.2) is 8.42 Å². The number of carbonyl (C=O) groups excluding carboxylic acids is 2. The van der Waals surface area contributed by atoms with E-state index in [9.17, 15) is 18.0 Å². The van der Waals surface area contributed by atoms with Gasteiger partial charge in [-0.3, -0.25) is 19.4 Å². The number of amides is 2. The van der Waals surface area contributed by atoms with Crippen molar-refractivity contribution in [3.05, 3.63) is 66.0 Å². The summed E-state index contributed by atoms with van der Waals surface area (Å²) in [6, 6.07) is 12.5. The molecule has 2 atom stereocenters. The smallest absolute Gasteiger partial charge is 0.265 e. The highest BCUT2D eigenvalue weighted by atomic mass is 32.2. The van der Waals surface area contributed by atoms with Crippen LogP contribution in [0.1, 0.15) is 41.0 Å². The summed E-state index contributed by atoms with van der Waals surface area (Å²) < 4.78 is 27.5. The molecule has 2 heterocycles. The molecule has 1 saturated carbocycles. The number of anilines is 3. The van der Waals surface area contributed by atoms with Crippen LogP contribution in [0.3, 0.4) is 0 Å². The molecule has 1 N–H and O–H groups in total. The van der Waals surface area contributed by atoms with Crippen LogP contribution in [-0.4, -0.2) is 67.4 Å². The predicted molar refractivity (Wildman–Crippen MR) is 169 cm³/mol. The number of rotatable bonds is 9. The molecule has 2 aromatic rings. The molecule has 9 nitrogen and oxygen atoms in total. The van der Waals surface area contributed by atoms with Gasteiger partial charge in [0, 0.05) is 37.9 Å². The maximum atomic E-state index is 13.7. The molecular weight excluding hydrogens is 571 g/mol. The summed E-state index contributed by atoms with van der Waals surface area (Å²) in [4.78, 5) is 33.6. The van der Waals surface area contributed by atoms with E-state index in [-0.39, 0.29) is 20.5 Å². The second-order valence-corrected chi connectivity index (χ2v) is 12.9. The Morgan fingerprint density at radius 2 is 1.40 bits per heavy atom. The van der Waals surface area contributed by atoms with Crippen LogP contribution < -0.4 is 15.1 Å². The van der Waals surface area contributed by atoms with Crippen LogP contribution in [0.4, 0.5) is 17.1 Å². The molecule has 2 unspecified atom stereocenters. The largest absolute Gasteiger partial charge is 0.382 e. The quantitative estimate of drug-likeness (QED) is 0.248. The Kier molecular flexibility index (Phi) is 8.17. The van der Waals surface area contributed by atoms with E-state index in [1.54, 1.807) is 42.5 Å². The lowest BCUT2D eigenvalue weighted by atomic mass is 10.1. The summed E-state index contributed by atoms with van der Waals surface area (Å²) in [6.07, 6.45) is 4.40. The summed E-state index contributed by atoms with van der Waals surface area (Å²) in [6.45, 7) is 11.7. The standard InChI is InChI=1S/C31H37N5O4S2/c1-6-33-26-15-13-23(42(39,40)22-12-10-11-21(18-22)32-25-17-20(25)5)19-27(26)34(7-2)28(33)16-14-24-29(37)35(8-3)31(41)36(9-4)30(24)38/h10-16,18-20,25,32H,6-9,17H2,1-5H3/b28-16-. The zero-order valence-corrected chi connectivity index (χ0v) is 26.3. The number of likely N-dealkylation sites (N-methyl/N-ethyl adjacent to an activating group) is 2. The average molecular weight is 608 g/mol. The molecule has 1 aliphatic carbocycles. The fourth-order valence-corrected chi connectivity index (χ4v) is 7.29. The summed E-state index contributed by atoms with van der Waals surface area (Å²) in [5, 5.41) is 3.63. The Bertz CT molecular complexity index is 1590. The van der Waals surface area contributed by atoms with Crippen LogP contribution in [0.2, 0.25) is 0 Å². The van der Waals surface area contributed by atoms with E-state index >= 15 is 0 Å². The number of nitrogens with zero attached hydrogens (tertiary/aromatic N) is 4. The van der Waals surface area contributed by atoms with E-state index in [2.05, 4.69) is 12.2 Å². The number of thiocarbonyl (C=S) groups is 1. The van der Waals surface area contributed by atoms with Gasteiger partial charge in [0.15, 0.2) is 5.11 Å². The Morgan fingerprint density at radius 3 is 1.98 bits per heavy atom. The summed E-state index contributed by atoms with van der Waals surface area (Å²) in [5.74, 6) is 0.500. The Morgan fingerprint density at radius 1 is 0.833 bits per heavy atom. The SMILES string of the molecule is CCN1C(=O)C(=C/C=C2/N(CC)c3ccc(S(=O)(=O)c4cccc(NC5CC5C)c4)cc3N2CC)C(=O)N(CC)C1=S. The molecule has 2 aromatic carbocycles. The molecule has 11 heteroatoms. The van der Waals surface area contributed by atoms with Crippen molar-refractivity contribution in [1.82, 2.24) is 9.80 Å². The highest BCUT2D eigenvalue weighted by molar-refractivity contribution is 7.91. The van der Waals surface area contributed by atoms with Gasteiger partial charge >= 0.3 is 0 Å². The summed E-state index contributed by atoms with van der Waals surface area (Å²) in [7, 11) is -3.78. The van der Waals surface area contributed by atoms with E-state index in [4.69, 9.17) is 12.2 Å². The monoisotopic (exact) mass is 607 g/mol. The third-order valence-electron chi connectivity index (χ3n) is 8.07. The van der Waals surface area contributed by atoms with Crippen LogP contribution in [0.15, 0.2) is 75.8 Å². The van der Waals surface area contributed by atoms with Gasteiger partial charge in [-0.15, -0.1) is 0 Å². The van der Waals surface area contributed by atoms with Crippen LogP contribution >= 0.6 is 12.2 Å². The topological polar surface area (TPSA) is 93.3 Å². The minimum atomic E-state index is -3.78. The lowest BCUT2D eigenvalue weighted by Gasteiger charge is -2.35. The number of sulfone groups is 1. The van der Waals surface area contributed by atoms with Crippen molar-refractivity contribution in [2.45, 2.75) is 56.9 Å². The zero-order valence-electron chi connectivity index (χ0n) is 24.6. The fraction of sp³-hybridized carbons (Fsp3) is 0.387. The van der Waals surface area contributed by atoms with Gasteiger partial charge < -0.3 is 15.1 Å². The van der Waals surface area contributed by atoms with Crippen molar-refractivity contribution in [3.8, 4) is 0 Å². The van der Waals surface area contributed by atoms with Crippen LogP contribution in [0.25, 0.3) is 0 Å². The normalized spacial score (nSPS) is 21.4. The number of nitrogens with one attached hydrogen (secondary N) is 1. The van der Waals surface area contributed by atoms with Crippen molar-refractivity contribution in [3.63, 3.8) is 0 Å². The molecule has 42 heavy (non-hydrogen) atoms. The Labute approximate surface area is 253 Å². The highest BCUT2D eigenvalue weighted by Gasteiger charge is 2.38. The second kappa shape index (κ2) is 11.5. The van der Waals surface area contributed by atoms with Gasteiger partial charge in [-0.05, 0) is 101 Å². The Hall–Kier alpha value is -3.70. The van der Waals surface area contributed by atoms with E-state index < -0.39 is 21.7 Å². The minimum absolute atomic E-state index is 0.0419. The molecule has 2 aliphatic heterocycles. The fourth-order valence-electron chi connectivity index (χ4n) is 5.54. The molecule has 2 amide bonds. The molecule has 0 bridgehead atoms. The number of benzene rings is 2. The van der Waals surface area contributed by atoms with E-state index in [1.165, 1.54) is 9.80 Å². The molecule has 3 aliphatic rings. The Balaban J connectivity index is 1.50. The first-order chi connectivity index (χ1) is 20.1. The van der Waals surface area contributed by atoms with Crippen LogP contribution in [-0.2, 0) is 19.4 Å². The van der Waals surface area contributed by atoms with Gasteiger partial charge in [-0.2, -0.15) is 0 Å². The molecule has 1 saturated heterocycles. The maximum Gasteiger partial charge on any atom is 0.265 e. The average Bonchev–Trinajstić information content (AvgIpc) is 3.57. The van der Waals surface area contributed by atoms with Crippen molar-refractivity contribution < 1.29 is 18.0 Å². The van der Waals surface area contributed by atoms with E-state index in [0.29, 0.717) is 38.1 Å². The maximum absolute atomic E-state index is 13.7. The molecular formula is C31H37N5O4S2. The van der Waals surface area contributed by atoms with Gasteiger partial charge in [0.1, 0.15) is 11.4 Å². The van der Waals surface area contributed by atoms with E-state index in [1.807, 2.05) is 49.6 Å². The number of hydrogen-bond donors (Lipinski definition) is 1. The van der Waals surface area contributed by atoms with Crippen LogP contribution in [0.5, 0.6) is 0 Å². The summed E-state index contributed by atoms with van der Waals surface area (Å²) in [5.41, 5.74) is 2.45. The molecule has 0 spiro atoms. The van der Waals surface area contributed by atoms with Crippen molar-refractivity contribution >= 4 is 56.0 Å². The first-order valence-electron chi connectivity index (χ1n) is 14.5. The molecule has 5 rings (SSSR count). The summed E-state index contributed by atoms with van der Waals surface area (Å²) >= 11 is 5.38. The van der Waals surface area contributed by atoms with Gasteiger partial charge in [-0.1, -0.05) is 13.0 Å². The first-order valence-corrected chi connectivity index (χ1v) is 16.4. The third-order valence-corrected chi connectivity index (χ3v) is 10.3. The van der Waals surface area contributed by atoms with Gasteiger partial charge in [0.25, 0.3) is 11.8 Å². The van der Waals surface area contributed by atoms with Crippen molar-refractivity contribution in [1.29, 1.82) is 0 Å². The number of allylic oxidation sites excluding steroid dienone is 2. The number of fused-ring (bicyclic) bond motifs is 1. The molecule has 2 fully saturated rings. The number of hydrogen-bond acceptors (Lipinski definition) is 8. The number of carbonyl (C=O) groups is 2. The van der Waals surface area contributed by atoms with Crippen molar-refractivity contribution in [2.75, 3.05) is 41.3 Å². The molecule has 222 valence electrons. The highest BCUT2D eigenvalue weighted by Crippen LogP contribution is 2.43. The molecule has 0 radical (unpaired) electrons. The van der Waals surface area contributed by atoms with Crippen LogP contribution in [0, 0.1) is 5.92 Å². The lowest BCUT2D eigenvalue weighted by Crippen LogP contribution is -2.55.